The zero-order valence-corrected chi connectivity index (χ0v) is 11.8. The average Bonchev–Trinajstić information content (AvgIpc) is 2.73. The van der Waals surface area contributed by atoms with Crippen molar-refractivity contribution in [2.45, 2.75) is 23.4 Å². The third-order valence-electron chi connectivity index (χ3n) is 2.58. The summed E-state index contributed by atoms with van der Waals surface area (Å²) in [6.07, 6.45) is 1.54. The molecule has 2 unspecified atom stereocenters. The Morgan fingerprint density at radius 3 is 2.50 bits per heavy atom. The lowest BCUT2D eigenvalue weighted by Gasteiger charge is -2.20. The second kappa shape index (κ2) is 5.73. The van der Waals surface area contributed by atoms with Crippen LogP contribution in [0.2, 0.25) is 5.02 Å². The van der Waals surface area contributed by atoms with E-state index < -0.39 is 0 Å². The van der Waals surface area contributed by atoms with Gasteiger partial charge in [-0.3, -0.25) is 0 Å². The molecular formula is C12H15ClN4S. The Kier molecular flexibility index (Phi) is 4.27. The number of aromatic nitrogens is 3. The number of hydrogen-bond acceptors (Lipinski definition) is 4. The minimum absolute atomic E-state index is 0.00729. The molecule has 1 heterocycles. The Labute approximate surface area is 116 Å². The number of thioether (sulfide) groups is 1. The van der Waals surface area contributed by atoms with Gasteiger partial charge in [0.1, 0.15) is 6.33 Å². The largest absolute Gasteiger partial charge is 0.327 e. The molecule has 6 heteroatoms. The van der Waals surface area contributed by atoms with Gasteiger partial charge < -0.3 is 5.73 Å². The smallest absolute Gasteiger partial charge is 0.186 e. The maximum absolute atomic E-state index is 6.06. The van der Waals surface area contributed by atoms with Gasteiger partial charge in [0.2, 0.25) is 0 Å². The highest BCUT2D eigenvalue weighted by Gasteiger charge is 2.20. The first-order chi connectivity index (χ1) is 8.58. The molecule has 0 aliphatic heterocycles. The molecule has 96 valence electrons. The van der Waals surface area contributed by atoms with E-state index in [1.54, 1.807) is 22.8 Å². The van der Waals surface area contributed by atoms with Gasteiger partial charge in [-0.2, -0.15) is 5.10 Å². The van der Waals surface area contributed by atoms with E-state index in [4.69, 9.17) is 17.3 Å². The van der Waals surface area contributed by atoms with Crippen molar-refractivity contribution < 1.29 is 0 Å². The Bertz CT molecular complexity index is 509. The lowest BCUT2D eigenvalue weighted by atomic mass is 10.1. The molecule has 0 amide bonds. The summed E-state index contributed by atoms with van der Waals surface area (Å²) in [7, 11) is 1.87. The maximum Gasteiger partial charge on any atom is 0.186 e. The van der Waals surface area contributed by atoms with E-state index >= 15 is 0 Å². The van der Waals surface area contributed by atoms with Crippen molar-refractivity contribution in [3.63, 3.8) is 0 Å². The molecule has 2 aromatic rings. The van der Waals surface area contributed by atoms with Crippen LogP contribution in [0.5, 0.6) is 0 Å². The fourth-order valence-corrected chi connectivity index (χ4v) is 2.81. The summed E-state index contributed by atoms with van der Waals surface area (Å²) in [6.45, 7) is 1.99. The molecule has 0 radical (unpaired) electrons. The first-order valence-electron chi connectivity index (χ1n) is 5.59. The van der Waals surface area contributed by atoms with Gasteiger partial charge in [-0.1, -0.05) is 35.5 Å². The Balaban J connectivity index is 2.24. The number of benzene rings is 1. The van der Waals surface area contributed by atoms with E-state index in [0.29, 0.717) is 0 Å². The summed E-state index contributed by atoms with van der Waals surface area (Å²) in [5.41, 5.74) is 7.20. The van der Waals surface area contributed by atoms with Crippen LogP contribution in [0, 0.1) is 0 Å². The molecule has 18 heavy (non-hydrogen) atoms. The number of halogens is 1. The summed E-state index contributed by atoms with van der Waals surface area (Å²) in [5.74, 6) is 0. The van der Waals surface area contributed by atoms with E-state index in [1.807, 2.05) is 38.2 Å². The van der Waals surface area contributed by atoms with Crippen molar-refractivity contribution in [1.29, 1.82) is 0 Å². The Morgan fingerprint density at radius 1 is 1.33 bits per heavy atom. The van der Waals surface area contributed by atoms with E-state index in [9.17, 15) is 0 Å². The second-order valence-electron chi connectivity index (χ2n) is 4.12. The number of nitrogens with zero attached hydrogens (tertiary/aromatic N) is 3. The van der Waals surface area contributed by atoms with Crippen molar-refractivity contribution in [1.82, 2.24) is 14.8 Å². The number of hydrogen-bond donors (Lipinski definition) is 1. The fourth-order valence-electron chi connectivity index (χ4n) is 1.64. The summed E-state index contributed by atoms with van der Waals surface area (Å²) < 4.78 is 1.75. The second-order valence-corrected chi connectivity index (χ2v) is 5.66. The molecule has 1 aromatic heterocycles. The summed E-state index contributed by atoms with van der Waals surface area (Å²) in [6, 6.07) is 7.76. The molecule has 0 saturated heterocycles. The molecule has 4 nitrogen and oxygen atoms in total. The van der Waals surface area contributed by atoms with Crippen molar-refractivity contribution >= 4 is 23.4 Å². The molecule has 2 rings (SSSR count). The summed E-state index contributed by atoms with van der Waals surface area (Å²) in [5, 5.41) is 5.77. The SMILES string of the molecule is CC(N)C(Sc1ncnn1C)c1ccc(Cl)cc1. The monoisotopic (exact) mass is 282 g/mol. The van der Waals surface area contributed by atoms with Crippen molar-refractivity contribution in [2.24, 2.45) is 12.8 Å². The van der Waals surface area contributed by atoms with Crippen LogP contribution >= 0.6 is 23.4 Å². The van der Waals surface area contributed by atoms with Gasteiger partial charge in [0.15, 0.2) is 5.16 Å². The van der Waals surface area contributed by atoms with Crippen LogP contribution in [0.15, 0.2) is 35.7 Å². The van der Waals surface area contributed by atoms with Crippen LogP contribution in [-0.4, -0.2) is 20.8 Å². The van der Waals surface area contributed by atoms with E-state index in [-0.39, 0.29) is 11.3 Å². The first-order valence-corrected chi connectivity index (χ1v) is 6.85. The quantitative estimate of drug-likeness (QED) is 0.876. The van der Waals surface area contributed by atoms with Crippen LogP contribution in [0.25, 0.3) is 0 Å². The molecule has 1 aromatic carbocycles. The molecule has 0 spiro atoms. The van der Waals surface area contributed by atoms with E-state index in [0.717, 1.165) is 15.7 Å². The van der Waals surface area contributed by atoms with Crippen molar-refractivity contribution in [2.75, 3.05) is 0 Å². The van der Waals surface area contributed by atoms with Gasteiger partial charge in [0.25, 0.3) is 0 Å². The minimum atomic E-state index is 0.00729. The summed E-state index contributed by atoms with van der Waals surface area (Å²) in [4.78, 5) is 4.21. The fraction of sp³-hybridized carbons (Fsp3) is 0.333. The van der Waals surface area contributed by atoms with Gasteiger partial charge in [0.05, 0.1) is 5.25 Å². The standard InChI is InChI=1S/C12H15ClN4S/c1-8(14)11(9-3-5-10(13)6-4-9)18-12-15-7-16-17(12)2/h3-8,11H,14H2,1-2H3. The first kappa shape index (κ1) is 13.4. The van der Waals surface area contributed by atoms with Crippen LogP contribution in [-0.2, 0) is 7.05 Å². The highest BCUT2D eigenvalue weighted by atomic mass is 35.5. The Hall–Kier alpha value is -1.04. The Morgan fingerprint density at radius 2 is 2.00 bits per heavy atom. The lowest BCUT2D eigenvalue weighted by Crippen LogP contribution is -2.23. The van der Waals surface area contributed by atoms with Crippen LogP contribution < -0.4 is 5.73 Å². The zero-order valence-electron chi connectivity index (χ0n) is 10.2. The maximum atomic E-state index is 6.06. The minimum Gasteiger partial charge on any atom is -0.327 e. The molecule has 0 aliphatic carbocycles. The number of nitrogens with two attached hydrogens (primary N) is 1. The van der Waals surface area contributed by atoms with Crippen LogP contribution in [0.3, 0.4) is 0 Å². The predicted octanol–water partition coefficient (Wildman–Crippen LogP) is 2.65. The predicted molar refractivity (Wildman–Crippen MR) is 74.7 cm³/mol. The van der Waals surface area contributed by atoms with Crippen LogP contribution in [0.4, 0.5) is 0 Å². The van der Waals surface area contributed by atoms with E-state index in [1.165, 1.54) is 0 Å². The van der Waals surface area contributed by atoms with E-state index in [2.05, 4.69) is 10.1 Å². The normalized spacial score (nSPS) is 14.4. The topological polar surface area (TPSA) is 56.7 Å². The third-order valence-corrected chi connectivity index (χ3v) is 4.37. The van der Waals surface area contributed by atoms with Gasteiger partial charge in [-0.25, -0.2) is 9.67 Å². The molecule has 2 N–H and O–H groups in total. The van der Waals surface area contributed by atoms with Crippen molar-refractivity contribution in [3.8, 4) is 0 Å². The zero-order chi connectivity index (χ0) is 13.1. The van der Waals surface area contributed by atoms with Gasteiger partial charge in [0, 0.05) is 18.1 Å². The highest BCUT2D eigenvalue weighted by molar-refractivity contribution is 7.99. The lowest BCUT2D eigenvalue weighted by molar-refractivity contribution is 0.672. The molecule has 0 fully saturated rings. The molecule has 2 atom stereocenters. The van der Waals surface area contributed by atoms with Gasteiger partial charge >= 0.3 is 0 Å². The summed E-state index contributed by atoms with van der Waals surface area (Å²) >= 11 is 7.51. The number of rotatable bonds is 4. The average molecular weight is 283 g/mol. The van der Waals surface area contributed by atoms with Crippen molar-refractivity contribution in [3.05, 3.63) is 41.2 Å². The molecule has 0 saturated carbocycles. The molecule has 0 aliphatic rings. The van der Waals surface area contributed by atoms with Gasteiger partial charge in [-0.05, 0) is 24.6 Å². The highest BCUT2D eigenvalue weighted by Crippen LogP contribution is 2.36. The molecular weight excluding hydrogens is 268 g/mol. The molecule has 0 bridgehead atoms. The number of aryl methyl sites for hydroxylation is 1. The van der Waals surface area contributed by atoms with Crippen LogP contribution in [0.1, 0.15) is 17.7 Å². The van der Waals surface area contributed by atoms with Gasteiger partial charge in [-0.15, -0.1) is 0 Å². The third kappa shape index (κ3) is 3.04.